The number of fused-ring (bicyclic) bond motifs is 1. The summed E-state index contributed by atoms with van der Waals surface area (Å²) in [7, 11) is 0. The third-order valence-electron chi connectivity index (χ3n) is 7.30. The third kappa shape index (κ3) is 6.08. The van der Waals surface area contributed by atoms with Crippen molar-refractivity contribution in [2.75, 3.05) is 61.5 Å². The van der Waals surface area contributed by atoms with Gasteiger partial charge >= 0.3 is 0 Å². The molecule has 39 heavy (non-hydrogen) atoms. The van der Waals surface area contributed by atoms with E-state index >= 15 is 0 Å². The van der Waals surface area contributed by atoms with E-state index in [9.17, 15) is 14.4 Å². The Hall–Kier alpha value is -3.86. The topological polar surface area (TPSA) is 104 Å². The van der Waals surface area contributed by atoms with Gasteiger partial charge in [0, 0.05) is 74.8 Å². The predicted octanol–water partition coefficient (Wildman–Crippen LogP) is 2.58. The first-order valence-corrected chi connectivity index (χ1v) is 14.5. The highest BCUT2D eigenvalue weighted by Crippen LogP contribution is 2.24. The van der Waals surface area contributed by atoms with Gasteiger partial charge in [-0.1, -0.05) is 12.6 Å². The predicted molar refractivity (Wildman–Crippen MR) is 156 cm³/mol. The molecule has 2 amide bonds. The number of anilines is 3. The minimum Gasteiger partial charge on any atom is -0.368 e. The number of pyridine rings is 1. The van der Waals surface area contributed by atoms with Gasteiger partial charge in [-0.15, -0.1) is 0 Å². The molecule has 0 spiro atoms. The van der Waals surface area contributed by atoms with Crippen LogP contribution in [0, 0.1) is 5.92 Å². The van der Waals surface area contributed by atoms with Crippen LogP contribution in [-0.4, -0.2) is 87.4 Å². The maximum absolute atomic E-state index is 12.7. The Balaban J connectivity index is 1.26. The average Bonchev–Trinajstić information content (AvgIpc) is 2.93. The van der Waals surface area contributed by atoms with E-state index in [0.29, 0.717) is 56.0 Å². The minimum absolute atomic E-state index is 0.0513. The maximum Gasteiger partial charge on any atom is 0.252 e. The highest BCUT2D eigenvalue weighted by Gasteiger charge is 2.29. The molecule has 0 bridgehead atoms. The molecule has 2 aliphatic rings. The van der Waals surface area contributed by atoms with E-state index in [2.05, 4.69) is 33.9 Å². The third-order valence-corrected chi connectivity index (χ3v) is 7.83. The standard InChI is InChI=1S/C28H33N7O3S/c1-3-24(36)34-17-20(18-34)9-10-35-25(37)8-7-21-16-29-28(31-27(21)35)30-22-5-4-6-23(15-22)32-11-13-33(14-12-32)26(38)19-39-2/h3-8,15-16,20H,1,9-14,17-19H2,2H3,(H,29,30,31). The van der Waals surface area contributed by atoms with Gasteiger partial charge in [-0.3, -0.25) is 19.0 Å². The van der Waals surface area contributed by atoms with E-state index in [0.717, 1.165) is 36.3 Å². The first-order valence-electron chi connectivity index (χ1n) is 13.1. The van der Waals surface area contributed by atoms with Crippen LogP contribution in [0.3, 0.4) is 0 Å². The summed E-state index contributed by atoms with van der Waals surface area (Å²) in [6, 6.07) is 11.4. The van der Waals surface area contributed by atoms with E-state index in [1.165, 1.54) is 6.08 Å². The number of hydrogen-bond donors (Lipinski definition) is 1. The van der Waals surface area contributed by atoms with E-state index in [1.807, 2.05) is 23.3 Å². The second-order valence-electron chi connectivity index (χ2n) is 9.87. The number of aryl methyl sites for hydroxylation is 1. The zero-order chi connectivity index (χ0) is 27.4. The quantitative estimate of drug-likeness (QED) is 0.408. The number of carbonyl (C=O) groups excluding carboxylic acids is 2. The molecule has 2 aliphatic heterocycles. The zero-order valence-corrected chi connectivity index (χ0v) is 22.9. The number of aromatic nitrogens is 3. The van der Waals surface area contributed by atoms with Crippen molar-refractivity contribution in [3.05, 3.63) is 65.6 Å². The summed E-state index contributed by atoms with van der Waals surface area (Å²) in [5.74, 6) is 1.43. The lowest BCUT2D eigenvalue weighted by molar-refractivity contribution is -0.132. The van der Waals surface area contributed by atoms with Crippen molar-refractivity contribution in [2.45, 2.75) is 13.0 Å². The van der Waals surface area contributed by atoms with E-state index in [4.69, 9.17) is 4.98 Å². The van der Waals surface area contributed by atoms with E-state index in [-0.39, 0.29) is 17.4 Å². The number of benzene rings is 1. The van der Waals surface area contributed by atoms with Gasteiger partial charge in [-0.05, 0) is 48.9 Å². The lowest BCUT2D eigenvalue weighted by atomic mass is 9.96. The Morgan fingerprint density at radius 1 is 1.13 bits per heavy atom. The Kier molecular flexibility index (Phi) is 8.16. The van der Waals surface area contributed by atoms with E-state index < -0.39 is 0 Å². The fraction of sp³-hybridized carbons (Fsp3) is 0.393. The highest BCUT2D eigenvalue weighted by atomic mass is 32.2. The minimum atomic E-state index is -0.109. The molecule has 2 aromatic heterocycles. The Labute approximate surface area is 231 Å². The Bertz CT molecular complexity index is 1430. The largest absolute Gasteiger partial charge is 0.368 e. The summed E-state index contributed by atoms with van der Waals surface area (Å²) < 4.78 is 1.69. The Morgan fingerprint density at radius 3 is 2.67 bits per heavy atom. The molecule has 10 nitrogen and oxygen atoms in total. The fourth-order valence-electron chi connectivity index (χ4n) is 5.06. The molecule has 0 radical (unpaired) electrons. The van der Waals surface area contributed by atoms with Gasteiger partial charge in [0.1, 0.15) is 5.65 Å². The lowest BCUT2D eigenvalue weighted by Gasteiger charge is -2.38. The van der Waals surface area contributed by atoms with Gasteiger partial charge in [0.05, 0.1) is 5.75 Å². The monoisotopic (exact) mass is 547 g/mol. The van der Waals surface area contributed by atoms with Crippen LogP contribution < -0.4 is 15.8 Å². The van der Waals surface area contributed by atoms with Gasteiger partial charge < -0.3 is 20.0 Å². The molecule has 0 aliphatic carbocycles. The molecule has 2 fully saturated rings. The van der Waals surface area contributed by atoms with E-state index in [1.54, 1.807) is 39.6 Å². The number of carbonyl (C=O) groups is 2. The first kappa shape index (κ1) is 26.7. The van der Waals surface area contributed by atoms with Crippen LogP contribution in [0.5, 0.6) is 0 Å². The maximum atomic E-state index is 12.7. The number of likely N-dealkylation sites (tertiary alicyclic amines) is 1. The van der Waals surface area contributed by atoms with Crippen LogP contribution in [0.25, 0.3) is 11.0 Å². The van der Waals surface area contributed by atoms with Gasteiger partial charge in [-0.2, -0.15) is 16.7 Å². The summed E-state index contributed by atoms with van der Waals surface area (Å²) >= 11 is 1.56. The van der Waals surface area contributed by atoms with Crippen LogP contribution >= 0.6 is 11.8 Å². The number of thioether (sulfide) groups is 1. The molecule has 0 atom stereocenters. The number of hydrogen-bond acceptors (Lipinski definition) is 8. The van der Waals surface area contributed by atoms with Gasteiger partial charge in [0.15, 0.2) is 0 Å². The first-order chi connectivity index (χ1) is 18.9. The molecule has 3 aromatic rings. The Morgan fingerprint density at radius 2 is 1.92 bits per heavy atom. The van der Waals surface area contributed by atoms with Crippen molar-refractivity contribution < 1.29 is 9.59 Å². The van der Waals surface area contributed by atoms with Crippen molar-refractivity contribution >= 4 is 51.9 Å². The van der Waals surface area contributed by atoms with Crippen LogP contribution in [-0.2, 0) is 16.1 Å². The van der Waals surface area contributed by atoms with Crippen LogP contribution in [0.15, 0.2) is 60.0 Å². The number of piperazine rings is 1. The number of rotatable bonds is 9. The molecule has 0 saturated carbocycles. The summed E-state index contributed by atoms with van der Waals surface area (Å²) in [5.41, 5.74) is 2.39. The van der Waals surface area contributed by atoms with Crippen LogP contribution in [0.4, 0.5) is 17.3 Å². The van der Waals surface area contributed by atoms with Crippen molar-refractivity contribution in [1.82, 2.24) is 24.3 Å². The molecule has 5 rings (SSSR count). The van der Waals surface area contributed by atoms with Gasteiger partial charge in [0.25, 0.3) is 5.56 Å². The zero-order valence-electron chi connectivity index (χ0n) is 22.1. The summed E-state index contributed by atoms with van der Waals surface area (Å²) in [4.78, 5) is 51.8. The van der Waals surface area contributed by atoms with Crippen molar-refractivity contribution in [3.8, 4) is 0 Å². The molecule has 2 saturated heterocycles. The molecule has 1 aromatic carbocycles. The molecule has 1 N–H and O–H groups in total. The van der Waals surface area contributed by atoms with Crippen LogP contribution in [0.1, 0.15) is 6.42 Å². The SMILES string of the molecule is C=CC(=O)N1CC(CCn2c(=O)ccc3cnc(Nc4cccc(N5CCN(C(=O)CSC)CC5)c4)nc32)C1. The molecule has 4 heterocycles. The fourth-order valence-corrected chi connectivity index (χ4v) is 5.49. The van der Waals surface area contributed by atoms with Gasteiger partial charge in [-0.25, -0.2) is 4.98 Å². The summed E-state index contributed by atoms with van der Waals surface area (Å²) in [6.45, 7) is 8.42. The average molecular weight is 548 g/mol. The number of nitrogens with zero attached hydrogens (tertiary/aromatic N) is 6. The highest BCUT2D eigenvalue weighted by molar-refractivity contribution is 7.99. The number of amides is 2. The number of nitrogens with one attached hydrogen (secondary N) is 1. The molecular weight excluding hydrogens is 514 g/mol. The smallest absolute Gasteiger partial charge is 0.252 e. The summed E-state index contributed by atoms with van der Waals surface area (Å²) in [5, 5.41) is 4.08. The van der Waals surface area contributed by atoms with Crippen molar-refractivity contribution in [2.24, 2.45) is 5.92 Å². The van der Waals surface area contributed by atoms with Crippen molar-refractivity contribution in [3.63, 3.8) is 0 Å². The molecular formula is C28H33N7O3S. The van der Waals surface area contributed by atoms with Crippen LogP contribution in [0.2, 0.25) is 0 Å². The molecule has 0 unspecified atom stereocenters. The lowest BCUT2D eigenvalue weighted by Crippen LogP contribution is -2.49. The molecule has 11 heteroatoms. The normalized spacial score (nSPS) is 15.8. The molecule has 204 valence electrons. The summed E-state index contributed by atoms with van der Waals surface area (Å²) in [6.07, 6.45) is 5.79. The van der Waals surface area contributed by atoms with Gasteiger partial charge in [0.2, 0.25) is 17.8 Å². The van der Waals surface area contributed by atoms with Crippen molar-refractivity contribution in [1.29, 1.82) is 0 Å². The second kappa shape index (κ2) is 11.9. The second-order valence-corrected chi connectivity index (χ2v) is 10.7.